The van der Waals surface area contributed by atoms with Crippen LogP contribution in [0.25, 0.3) is 21.8 Å². The number of rotatable bonds is 3. The average Bonchev–Trinajstić information content (AvgIpc) is 2.60. The van der Waals surface area contributed by atoms with Crippen molar-refractivity contribution >= 4 is 27.6 Å². The van der Waals surface area contributed by atoms with Gasteiger partial charge in [-0.3, -0.25) is 4.98 Å². The maximum atomic E-state index is 13.8. The SMILES string of the molecule is Fc1cccc2c(NCc3cccc4cccnc34)ncnc12. The van der Waals surface area contributed by atoms with Crippen LogP contribution >= 0.6 is 0 Å². The van der Waals surface area contributed by atoms with E-state index in [2.05, 4.69) is 20.3 Å². The van der Waals surface area contributed by atoms with Gasteiger partial charge in [0.25, 0.3) is 0 Å². The first-order valence-electron chi connectivity index (χ1n) is 7.28. The lowest BCUT2D eigenvalue weighted by Crippen LogP contribution is -2.04. The van der Waals surface area contributed by atoms with Crippen molar-refractivity contribution in [3.63, 3.8) is 0 Å². The first-order chi connectivity index (χ1) is 11.3. The summed E-state index contributed by atoms with van der Waals surface area (Å²) in [5, 5.41) is 5.02. The first kappa shape index (κ1) is 13.6. The minimum atomic E-state index is -0.347. The molecule has 0 saturated heterocycles. The maximum Gasteiger partial charge on any atom is 0.149 e. The molecular formula is C18H13FN4. The van der Waals surface area contributed by atoms with Gasteiger partial charge in [0, 0.05) is 23.5 Å². The monoisotopic (exact) mass is 304 g/mol. The Balaban J connectivity index is 1.70. The van der Waals surface area contributed by atoms with Crippen LogP contribution in [0.5, 0.6) is 0 Å². The summed E-state index contributed by atoms with van der Waals surface area (Å²) in [6, 6.07) is 14.9. The van der Waals surface area contributed by atoms with Crippen LogP contribution in [0.4, 0.5) is 10.2 Å². The lowest BCUT2D eigenvalue weighted by molar-refractivity contribution is 0.636. The molecular weight excluding hydrogens is 291 g/mol. The van der Waals surface area contributed by atoms with Gasteiger partial charge in [-0.05, 0) is 23.8 Å². The number of anilines is 1. The molecule has 0 aliphatic rings. The maximum absolute atomic E-state index is 13.8. The second-order valence-corrected chi connectivity index (χ2v) is 5.20. The van der Waals surface area contributed by atoms with Gasteiger partial charge in [-0.25, -0.2) is 14.4 Å². The first-order valence-corrected chi connectivity index (χ1v) is 7.28. The van der Waals surface area contributed by atoms with Gasteiger partial charge in [-0.2, -0.15) is 0 Å². The highest BCUT2D eigenvalue weighted by atomic mass is 19.1. The van der Waals surface area contributed by atoms with Crippen LogP contribution in [0.2, 0.25) is 0 Å². The Morgan fingerprint density at radius 3 is 2.70 bits per heavy atom. The van der Waals surface area contributed by atoms with Crippen molar-refractivity contribution in [2.24, 2.45) is 0 Å². The summed E-state index contributed by atoms with van der Waals surface area (Å²) in [6.07, 6.45) is 3.15. The standard InChI is InChI=1S/C18H13FN4/c19-15-8-2-7-14-17(15)22-11-23-18(14)21-10-13-5-1-4-12-6-3-9-20-16(12)13/h1-9,11H,10H2,(H,21,22,23). The lowest BCUT2D eigenvalue weighted by Gasteiger charge is -2.10. The number of nitrogens with zero attached hydrogens (tertiary/aromatic N) is 3. The molecule has 2 aromatic carbocycles. The number of hydrogen-bond donors (Lipinski definition) is 1. The molecule has 0 amide bonds. The van der Waals surface area contributed by atoms with Crippen LogP contribution in [-0.2, 0) is 6.54 Å². The molecule has 0 fully saturated rings. The van der Waals surface area contributed by atoms with Gasteiger partial charge in [0.1, 0.15) is 23.5 Å². The van der Waals surface area contributed by atoms with Crippen molar-refractivity contribution in [2.75, 3.05) is 5.32 Å². The van der Waals surface area contributed by atoms with Crippen LogP contribution in [0.15, 0.2) is 61.1 Å². The molecule has 0 bridgehead atoms. The van der Waals surface area contributed by atoms with Crippen LogP contribution in [0.3, 0.4) is 0 Å². The molecule has 4 nitrogen and oxygen atoms in total. The van der Waals surface area contributed by atoms with Crippen LogP contribution in [-0.4, -0.2) is 15.0 Å². The van der Waals surface area contributed by atoms with Crippen LogP contribution in [0.1, 0.15) is 5.56 Å². The number of fused-ring (bicyclic) bond motifs is 2. The van der Waals surface area contributed by atoms with Gasteiger partial charge in [-0.15, -0.1) is 0 Å². The van der Waals surface area contributed by atoms with E-state index >= 15 is 0 Å². The van der Waals surface area contributed by atoms with Gasteiger partial charge >= 0.3 is 0 Å². The summed E-state index contributed by atoms with van der Waals surface area (Å²) in [5.74, 6) is 0.266. The van der Waals surface area contributed by atoms with Gasteiger partial charge in [0.05, 0.1) is 5.52 Å². The Morgan fingerprint density at radius 1 is 0.870 bits per heavy atom. The highest BCUT2D eigenvalue weighted by Gasteiger charge is 2.08. The minimum Gasteiger partial charge on any atom is -0.365 e. The number of aromatic nitrogens is 3. The van der Waals surface area contributed by atoms with Crippen LogP contribution < -0.4 is 5.32 Å². The van der Waals surface area contributed by atoms with Gasteiger partial charge in [0.2, 0.25) is 0 Å². The molecule has 1 N–H and O–H groups in total. The predicted octanol–water partition coefficient (Wildman–Crippen LogP) is 3.93. The fraction of sp³-hybridized carbons (Fsp3) is 0.0556. The van der Waals surface area contributed by atoms with Crippen molar-refractivity contribution in [1.82, 2.24) is 15.0 Å². The topological polar surface area (TPSA) is 50.7 Å². The normalized spacial score (nSPS) is 11.0. The summed E-state index contributed by atoms with van der Waals surface area (Å²) < 4.78 is 13.8. The van der Waals surface area contributed by atoms with Crippen molar-refractivity contribution in [1.29, 1.82) is 0 Å². The molecule has 112 valence electrons. The Bertz CT molecular complexity index is 995. The Morgan fingerprint density at radius 2 is 1.74 bits per heavy atom. The second kappa shape index (κ2) is 5.61. The molecule has 2 heterocycles. The Labute approximate surface area is 132 Å². The highest BCUT2D eigenvalue weighted by Crippen LogP contribution is 2.23. The Hall–Kier alpha value is -3.08. The third-order valence-corrected chi connectivity index (χ3v) is 3.78. The van der Waals surface area contributed by atoms with E-state index in [4.69, 9.17) is 0 Å². The third-order valence-electron chi connectivity index (χ3n) is 3.78. The number of benzene rings is 2. The predicted molar refractivity (Wildman–Crippen MR) is 88.6 cm³/mol. The van der Waals surface area contributed by atoms with Crippen molar-refractivity contribution in [3.05, 3.63) is 72.4 Å². The molecule has 0 radical (unpaired) electrons. The van der Waals surface area contributed by atoms with E-state index < -0.39 is 0 Å². The smallest absolute Gasteiger partial charge is 0.149 e. The van der Waals surface area contributed by atoms with Crippen LogP contribution in [0, 0.1) is 5.82 Å². The fourth-order valence-corrected chi connectivity index (χ4v) is 2.68. The van der Waals surface area contributed by atoms with Gasteiger partial charge in [-0.1, -0.05) is 30.3 Å². The van der Waals surface area contributed by atoms with Gasteiger partial charge in [0.15, 0.2) is 0 Å². The molecule has 0 unspecified atom stereocenters. The second-order valence-electron chi connectivity index (χ2n) is 5.20. The summed E-state index contributed by atoms with van der Waals surface area (Å²) in [6.45, 7) is 0.553. The lowest BCUT2D eigenvalue weighted by atomic mass is 10.1. The van der Waals surface area contributed by atoms with E-state index in [9.17, 15) is 4.39 Å². The summed E-state index contributed by atoms with van der Waals surface area (Å²) in [4.78, 5) is 12.7. The van der Waals surface area contributed by atoms with E-state index in [0.717, 1.165) is 16.5 Å². The summed E-state index contributed by atoms with van der Waals surface area (Å²) in [7, 11) is 0. The molecule has 0 spiro atoms. The zero-order valence-electron chi connectivity index (χ0n) is 12.2. The van der Waals surface area contributed by atoms with E-state index in [1.807, 2.05) is 36.4 Å². The van der Waals surface area contributed by atoms with E-state index in [1.54, 1.807) is 12.3 Å². The third kappa shape index (κ3) is 2.46. The molecule has 4 aromatic rings. The minimum absolute atomic E-state index is 0.320. The van der Waals surface area contributed by atoms with Crippen molar-refractivity contribution in [3.8, 4) is 0 Å². The quantitative estimate of drug-likeness (QED) is 0.623. The molecule has 0 aliphatic carbocycles. The summed E-state index contributed by atoms with van der Waals surface area (Å²) in [5.41, 5.74) is 2.33. The fourth-order valence-electron chi connectivity index (χ4n) is 2.68. The largest absolute Gasteiger partial charge is 0.365 e. The molecule has 0 aliphatic heterocycles. The molecule has 0 atom stereocenters. The Kier molecular flexibility index (Phi) is 3.31. The molecule has 23 heavy (non-hydrogen) atoms. The number of para-hydroxylation sites is 2. The van der Waals surface area contributed by atoms with Crippen molar-refractivity contribution < 1.29 is 4.39 Å². The zero-order chi connectivity index (χ0) is 15.6. The molecule has 5 heteroatoms. The number of pyridine rings is 1. The highest BCUT2D eigenvalue weighted by molar-refractivity contribution is 5.89. The number of hydrogen-bond acceptors (Lipinski definition) is 4. The number of halogens is 1. The van der Waals surface area contributed by atoms with E-state index in [0.29, 0.717) is 23.3 Å². The number of nitrogens with one attached hydrogen (secondary N) is 1. The van der Waals surface area contributed by atoms with E-state index in [1.165, 1.54) is 12.4 Å². The molecule has 0 saturated carbocycles. The zero-order valence-corrected chi connectivity index (χ0v) is 12.2. The van der Waals surface area contributed by atoms with Crippen molar-refractivity contribution in [2.45, 2.75) is 6.54 Å². The molecule has 4 rings (SSSR count). The molecule has 2 aromatic heterocycles. The van der Waals surface area contributed by atoms with E-state index in [-0.39, 0.29) is 5.82 Å². The van der Waals surface area contributed by atoms with Gasteiger partial charge < -0.3 is 5.32 Å². The average molecular weight is 304 g/mol. The summed E-state index contributed by atoms with van der Waals surface area (Å²) >= 11 is 0.